The van der Waals surface area contributed by atoms with Crippen molar-refractivity contribution in [2.45, 2.75) is 53.6 Å². The summed E-state index contributed by atoms with van der Waals surface area (Å²) in [6.07, 6.45) is 0.343. The highest BCUT2D eigenvalue weighted by molar-refractivity contribution is 5.92. The second-order valence-electron chi connectivity index (χ2n) is 6.55. The van der Waals surface area contributed by atoms with Crippen LogP contribution in [0, 0.1) is 27.7 Å². The highest BCUT2D eigenvalue weighted by atomic mass is 16.3. The van der Waals surface area contributed by atoms with E-state index < -0.39 is 0 Å². The second kappa shape index (κ2) is 8.16. The topological polar surface area (TPSA) is 79.2 Å². The van der Waals surface area contributed by atoms with E-state index in [0.29, 0.717) is 13.0 Å². The molecule has 1 amide bonds. The number of nitrogens with one attached hydrogen (secondary N) is 2. The minimum atomic E-state index is -0.0580. The number of aliphatic hydroxyl groups excluding tert-OH is 1. The molecular formula is C19H28N4O2. The fraction of sp³-hybridized carbons (Fsp3) is 0.474. The summed E-state index contributed by atoms with van der Waals surface area (Å²) in [6.45, 7) is 10.4. The number of carbonyl (C=O) groups is 1. The summed E-state index contributed by atoms with van der Waals surface area (Å²) < 4.78 is 1.75. The van der Waals surface area contributed by atoms with Crippen LogP contribution in [0.4, 0.5) is 11.5 Å². The van der Waals surface area contributed by atoms with Crippen LogP contribution in [0.2, 0.25) is 0 Å². The van der Waals surface area contributed by atoms with Gasteiger partial charge in [-0.3, -0.25) is 4.79 Å². The van der Waals surface area contributed by atoms with Gasteiger partial charge in [-0.2, -0.15) is 5.10 Å². The van der Waals surface area contributed by atoms with Gasteiger partial charge in [0.2, 0.25) is 5.91 Å². The maximum Gasteiger partial charge on any atom is 0.226 e. The molecule has 0 radical (unpaired) electrons. The Labute approximate surface area is 149 Å². The van der Waals surface area contributed by atoms with Gasteiger partial charge < -0.3 is 15.7 Å². The van der Waals surface area contributed by atoms with Gasteiger partial charge in [0.1, 0.15) is 5.82 Å². The van der Waals surface area contributed by atoms with Gasteiger partial charge in [0.15, 0.2) is 0 Å². The van der Waals surface area contributed by atoms with Crippen molar-refractivity contribution in [3.8, 4) is 0 Å². The Hall–Kier alpha value is -2.34. The van der Waals surface area contributed by atoms with Crippen LogP contribution in [0.3, 0.4) is 0 Å². The number of hydrogen-bond donors (Lipinski definition) is 3. The maximum atomic E-state index is 12.4. The lowest BCUT2D eigenvalue weighted by atomic mass is 10.1. The molecule has 2 aromatic rings. The highest BCUT2D eigenvalue weighted by Gasteiger charge is 2.16. The molecular weight excluding hydrogens is 316 g/mol. The minimum absolute atomic E-state index is 0.0245. The molecule has 0 saturated heterocycles. The number of aliphatic hydroxyl groups is 1. The average Bonchev–Trinajstić information content (AvgIpc) is 2.80. The Kier molecular flexibility index (Phi) is 6.20. The van der Waals surface area contributed by atoms with E-state index in [1.54, 1.807) is 4.68 Å². The van der Waals surface area contributed by atoms with Crippen molar-refractivity contribution < 1.29 is 9.90 Å². The SMILES string of the molecule is Cc1cccc(NC(=O)CC(C)Nc2c(C)c(C)nn2CCO)c1C. The number of rotatable bonds is 7. The van der Waals surface area contributed by atoms with E-state index in [2.05, 4.69) is 15.7 Å². The van der Waals surface area contributed by atoms with Crippen LogP contribution in [-0.4, -0.2) is 33.4 Å². The first-order valence-corrected chi connectivity index (χ1v) is 8.61. The summed E-state index contributed by atoms with van der Waals surface area (Å²) >= 11 is 0. The van der Waals surface area contributed by atoms with Crippen molar-refractivity contribution >= 4 is 17.4 Å². The molecule has 136 valence electrons. The second-order valence-corrected chi connectivity index (χ2v) is 6.55. The molecule has 1 heterocycles. The molecule has 6 heteroatoms. The van der Waals surface area contributed by atoms with Crippen molar-refractivity contribution in [3.63, 3.8) is 0 Å². The fourth-order valence-corrected chi connectivity index (χ4v) is 2.76. The molecule has 1 aromatic heterocycles. The Balaban J connectivity index is 2.01. The van der Waals surface area contributed by atoms with E-state index in [-0.39, 0.29) is 18.6 Å². The number of aryl methyl sites for hydroxylation is 2. The van der Waals surface area contributed by atoms with Gasteiger partial charge in [-0.15, -0.1) is 0 Å². The lowest BCUT2D eigenvalue weighted by molar-refractivity contribution is -0.116. The Morgan fingerprint density at radius 3 is 2.64 bits per heavy atom. The van der Waals surface area contributed by atoms with E-state index in [4.69, 9.17) is 0 Å². The number of carbonyl (C=O) groups excluding carboxylic acids is 1. The van der Waals surface area contributed by atoms with Gasteiger partial charge >= 0.3 is 0 Å². The largest absolute Gasteiger partial charge is 0.394 e. The normalized spacial score (nSPS) is 12.1. The van der Waals surface area contributed by atoms with Crippen LogP contribution in [0.5, 0.6) is 0 Å². The molecule has 0 aliphatic heterocycles. The smallest absolute Gasteiger partial charge is 0.226 e. The lowest BCUT2D eigenvalue weighted by Crippen LogP contribution is -2.26. The third-order valence-corrected chi connectivity index (χ3v) is 4.49. The number of hydrogen-bond acceptors (Lipinski definition) is 4. The molecule has 1 atom stereocenters. The molecule has 0 saturated carbocycles. The molecule has 2 rings (SSSR count). The molecule has 6 nitrogen and oxygen atoms in total. The molecule has 3 N–H and O–H groups in total. The van der Waals surface area contributed by atoms with Crippen LogP contribution < -0.4 is 10.6 Å². The lowest BCUT2D eigenvalue weighted by Gasteiger charge is -2.17. The number of aromatic nitrogens is 2. The first-order chi connectivity index (χ1) is 11.8. The molecule has 25 heavy (non-hydrogen) atoms. The average molecular weight is 344 g/mol. The Bertz CT molecular complexity index is 752. The molecule has 1 unspecified atom stereocenters. The number of nitrogens with zero attached hydrogens (tertiary/aromatic N) is 2. The summed E-state index contributed by atoms with van der Waals surface area (Å²) in [7, 11) is 0. The van der Waals surface area contributed by atoms with Gasteiger partial charge in [-0.25, -0.2) is 4.68 Å². The van der Waals surface area contributed by atoms with Gasteiger partial charge in [-0.05, 0) is 51.8 Å². The Morgan fingerprint density at radius 2 is 1.96 bits per heavy atom. The third kappa shape index (κ3) is 4.60. The zero-order valence-electron chi connectivity index (χ0n) is 15.7. The summed E-state index contributed by atoms with van der Waals surface area (Å²) in [4.78, 5) is 12.4. The third-order valence-electron chi connectivity index (χ3n) is 4.49. The highest BCUT2D eigenvalue weighted by Crippen LogP contribution is 2.21. The van der Waals surface area contributed by atoms with Crippen molar-refractivity contribution in [2.75, 3.05) is 17.2 Å². The van der Waals surface area contributed by atoms with Gasteiger partial charge in [0, 0.05) is 23.7 Å². The van der Waals surface area contributed by atoms with Crippen LogP contribution in [-0.2, 0) is 11.3 Å². The van der Waals surface area contributed by atoms with E-state index in [1.165, 1.54) is 0 Å². The molecule has 0 fully saturated rings. The molecule has 1 aromatic carbocycles. The summed E-state index contributed by atoms with van der Waals surface area (Å²) in [6, 6.07) is 5.83. The summed E-state index contributed by atoms with van der Waals surface area (Å²) in [5.74, 6) is 0.829. The number of amides is 1. The standard InChI is InChI=1S/C19H28N4O2/c1-12-7-6-8-17(14(12)3)21-18(25)11-13(2)20-19-15(4)16(5)22-23(19)9-10-24/h6-8,13,20,24H,9-11H2,1-5H3,(H,21,25). The summed E-state index contributed by atoms with van der Waals surface area (Å²) in [5, 5.41) is 19.9. The van der Waals surface area contributed by atoms with Crippen LogP contribution in [0.1, 0.15) is 35.7 Å². The molecule has 0 bridgehead atoms. The van der Waals surface area contributed by atoms with Gasteiger partial charge in [-0.1, -0.05) is 12.1 Å². The summed E-state index contributed by atoms with van der Waals surface area (Å²) in [5.41, 5.74) is 5.06. The van der Waals surface area contributed by atoms with E-state index in [0.717, 1.165) is 33.9 Å². The van der Waals surface area contributed by atoms with Crippen LogP contribution >= 0.6 is 0 Å². The van der Waals surface area contributed by atoms with Crippen molar-refractivity contribution in [1.29, 1.82) is 0 Å². The minimum Gasteiger partial charge on any atom is -0.394 e. The predicted octanol–water partition coefficient (Wildman–Crippen LogP) is 2.94. The maximum absolute atomic E-state index is 12.4. The van der Waals surface area contributed by atoms with Gasteiger partial charge in [0.05, 0.1) is 18.8 Å². The van der Waals surface area contributed by atoms with Crippen LogP contribution in [0.15, 0.2) is 18.2 Å². The van der Waals surface area contributed by atoms with Crippen molar-refractivity contribution in [2.24, 2.45) is 0 Å². The molecule has 0 aliphatic rings. The van der Waals surface area contributed by atoms with Crippen molar-refractivity contribution in [3.05, 3.63) is 40.6 Å². The number of benzene rings is 1. The zero-order chi connectivity index (χ0) is 18.6. The number of anilines is 2. The van der Waals surface area contributed by atoms with E-state index in [9.17, 15) is 9.90 Å². The zero-order valence-corrected chi connectivity index (χ0v) is 15.7. The van der Waals surface area contributed by atoms with Crippen molar-refractivity contribution in [1.82, 2.24) is 9.78 Å². The first kappa shape index (κ1) is 19.0. The predicted molar refractivity (Wildman–Crippen MR) is 101 cm³/mol. The quantitative estimate of drug-likeness (QED) is 0.721. The van der Waals surface area contributed by atoms with Crippen LogP contribution in [0.25, 0.3) is 0 Å². The van der Waals surface area contributed by atoms with E-state index >= 15 is 0 Å². The first-order valence-electron chi connectivity index (χ1n) is 8.61. The molecule has 0 aliphatic carbocycles. The molecule has 0 spiro atoms. The van der Waals surface area contributed by atoms with Gasteiger partial charge in [0.25, 0.3) is 0 Å². The Morgan fingerprint density at radius 1 is 1.24 bits per heavy atom. The monoisotopic (exact) mass is 344 g/mol. The van der Waals surface area contributed by atoms with E-state index in [1.807, 2.05) is 52.8 Å². The fourth-order valence-electron chi connectivity index (χ4n) is 2.76.